The minimum Gasteiger partial charge on any atom is -0.463 e. The van der Waals surface area contributed by atoms with Gasteiger partial charge in [0.25, 0.3) is 5.56 Å². The number of aromatic nitrogens is 3. The fourth-order valence-corrected chi connectivity index (χ4v) is 4.63. The Morgan fingerprint density at radius 3 is 2.79 bits per heavy atom. The molecule has 8 heteroatoms. The molecule has 166 valence electrons. The second-order valence-corrected chi connectivity index (χ2v) is 9.26. The van der Waals surface area contributed by atoms with Gasteiger partial charge in [-0.1, -0.05) is 29.8 Å². The summed E-state index contributed by atoms with van der Waals surface area (Å²) in [5.41, 5.74) is 3.85. The highest BCUT2D eigenvalue weighted by Crippen LogP contribution is 2.40. The second kappa shape index (κ2) is 7.30. The van der Waals surface area contributed by atoms with Crippen molar-refractivity contribution in [2.45, 2.75) is 39.0 Å². The first-order valence-corrected chi connectivity index (χ1v) is 11.0. The molecule has 0 bridgehead atoms. The normalized spacial score (nSPS) is 15.2. The van der Waals surface area contributed by atoms with Crippen molar-refractivity contribution in [2.24, 2.45) is 0 Å². The van der Waals surface area contributed by atoms with Crippen LogP contribution in [0, 0.1) is 0 Å². The number of benzene rings is 1. The number of fused-ring (bicyclic) bond motifs is 5. The summed E-state index contributed by atoms with van der Waals surface area (Å²) in [6.45, 7) is 4.77. The lowest BCUT2D eigenvalue weighted by molar-refractivity contribution is -0.0395. The molecule has 1 aromatic carbocycles. The lowest BCUT2D eigenvalue weighted by Gasteiger charge is -2.32. The van der Waals surface area contributed by atoms with Crippen LogP contribution in [0.3, 0.4) is 0 Å². The van der Waals surface area contributed by atoms with E-state index in [0.29, 0.717) is 47.3 Å². The molecule has 0 aliphatic carbocycles. The van der Waals surface area contributed by atoms with Crippen LogP contribution in [0.15, 0.2) is 62.6 Å². The first-order valence-electron chi connectivity index (χ1n) is 10.7. The molecule has 0 atom stereocenters. The zero-order chi connectivity index (χ0) is 22.7. The van der Waals surface area contributed by atoms with Crippen LogP contribution in [-0.4, -0.2) is 20.1 Å². The maximum absolute atomic E-state index is 13.3. The molecule has 1 aliphatic heterocycles. The van der Waals surface area contributed by atoms with Crippen molar-refractivity contribution in [1.82, 2.24) is 14.5 Å². The highest BCUT2D eigenvalue weighted by Gasteiger charge is 2.33. The molecule has 0 amide bonds. The number of hydrogen-bond acceptors (Lipinski definition) is 6. The van der Waals surface area contributed by atoms with Gasteiger partial charge in [0.15, 0.2) is 5.76 Å². The molecule has 4 aromatic heterocycles. The topological polar surface area (TPSA) is 83.3 Å². The fraction of sp³-hybridized carbons (Fsp3) is 0.240. The number of ether oxygens (including phenoxy) is 1. The maximum atomic E-state index is 13.3. The quantitative estimate of drug-likeness (QED) is 0.360. The molecule has 6 rings (SSSR count). The number of pyridine rings is 1. The van der Waals surface area contributed by atoms with Crippen LogP contribution in [0.1, 0.15) is 30.5 Å². The summed E-state index contributed by atoms with van der Waals surface area (Å²) < 4.78 is 19.2. The van der Waals surface area contributed by atoms with E-state index in [1.807, 2.05) is 44.2 Å². The van der Waals surface area contributed by atoms with E-state index in [4.69, 9.17) is 30.2 Å². The molecule has 33 heavy (non-hydrogen) atoms. The number of halogens is 1. The predicted molar refractivity (Wildman–Crippen MR) is 124 cm³/mol. The summed E-state index contributed by atoms with van der Waals surface area (Å²) in [6.07, 6.45) is 3.78. The maximum Gasteiger partial charge on any atom is 0.297 e. The Bertz CT molecular complexity index is 1580. The van der Waals surface area contributed by atoms with Crippen LogP contribution in [0.5, 0.6) is 0 Å². The van der Waals surface area contributed by atoms with E-state index in [9.17, 15) is 4.79 Å². The van der Waals surface area contributed by atoms with Crippen LogP contribution in [-0.2, 0) is 24.3 Å². The molecule has 0 saturated carbocycles. The van der Waals surface area contributed by atoms with Crippen molar-refractivity contribution in [1.29, 1.82) is 0 Å². The second-order valence-electron chi connectivity index (χ2n) is 8.85. The highest BCUT2D eigenvalue weighted by molar-refractivity contribution is 6.31. The van der Waals surface area contributed by atoms with Crippen molar-refractivity contribution < 1.29 is 13.6 Å². The highest BCUT2D eigenvalue weighted by atomic mass is 35.5. The lowest BCUT2D eigenvalue weighted by Crippen LogP contribution is -2.32. The van der Waals surface area contributed by atoms with Gasteiger partial charge in [-0.05, 0) is 43.2 Å². The summed E-state index contributed by atoms with van der Waals surface area (Å²) in [5, 5.41) is 1.35. The standard InChI is InChI=1S/C25H20ClN3O4/c1-25(2)10-15-16(12-32-25)20(18-8-5-9-31-18)28-23-19(15)21-22(33-23)24(30)29(13-27-21)11-14-6-3-4-7-17(14)26/h3-9,13H,10-12H2,1-2H3. The molecular weight excluding hydrogens is 442 g/mol. The molecule has 5 aromatic rings. The van der Waals surface area contributed by atoms with E-state index in [2.05, 4.69) is 4.98 Å². The van der Waals surface area contributed by atoms with E-state index in [1.165, 1.54) is 4.57 Å². The minimum atomic E-state index is -0.371. The minimum absolute atomic E-state index is 0.176. The molecule has 1 aliphatic rings. The number of furan rings is 2. The van der Waals surface area contributed by atoms with Crippen molar-refractivity contribution in [3.63, 3.8) is 0 Å². The number of hydrogen-bond donors (Lipinski definition) is 0. The third kappa shape index (κ3) is 3.27. The van der Waals surface area contributed by atoms with Gasteiger partial charge < -0.3 is 13.6 Å². The van der Waals surface area contributed by atoms with Crippen LogP contribution < -0.4 is 5.56 Å². The SMILES string of the molecule is CC1(C)Cc2c(c(-c3ccco3)nc3oc4c(=O)n(Cc5ccccc5Cl)cnc4c23)CO1. The van der Waals surface area contributed by atoms with E-state index in [0.717, 1.165) is 22.1 Å². The molecular formula is C25H20ClN3O4. The third-order valence-corrected chi connectivity index (χ3v) is 6.44. The average Bonchev–Trinajstić information content (AvgIpc) is 3.44. The molecule has 0 spiro atoms. The Morgan fingerprint density at radius 2 is 2.00 bits per heavy atom. The zero-order valence-electron chi connectivity index (χ0n) is 18.1. The van der Waals surface area contributed by atoms with Crippen molar-refractivity contribution >= 4 is 33.8 Å². The Morgan fingerprint density at radius 1 is 1.15 bits per heavy atom. The van der Waals surface area contributed by atoms with Gasteiger partial charge in [-0.3, -0.25) is 9.36 Å². The summed E-state index contributed by atoms with van der Waals surface area (Å²) in [4.78, 5) is 22.7. The largest absolute Gasteiger partial charge is 0.463 e. The predicted octanol–water partition coefficient (Wildman–Crippen LogP) is 5.35. The summed E-state index contributed by atoms with van der Waals surface area (Å²) in [5.74, 6) is 0.626. The molecule has 5 heterocycles. The molecule has 0 radical (unpaired) electrons. The Hall–Kier alpha value is -3.42. The monoisotopic (exact) mass is 461 g/mol. The van der Waals surface area contributed by atoms with Gasteiger partial charge in [-0.25, -0.2) is 9.97 Å². The Kier molecular flexibility index (Phi) is 4.47. The van der Waals surface area contributed by atoms with Crippen molar-refractivity contribution in [2.75, 3.05) is 0 Å². The van der Waals surface area contributed by atoms with Crippen molar-refractivity contribution in [3.8, 4) is 11.5 Å². The van der Waals surface area contributed by atoms with Gasteiger partial charge in [-0.2, -0.15) is 0 Å². The fourth-order valence-electron chi connectivity index (χ4n) is 4.44. The number of nitrogens with zero attached hydrogens (tertiary/aromatic N) is 3. The van der Waals surface area contributed by atoms with Crippen molar-refractivity contribution in [3.05, 3.63) is 81.1 Å². The van der Waals surface area contributed by atoms with Gasteiger partial charge in [0.2, 0.25) is 11.3 Å². The van der Waals surface area contributed by atoms with Crippen LogP contribution >= 0.6 is 11.6 Å². The van der Waals surface area contributed by atoms with E-state index < -0.39 is 0 Å². The van der Waals surface area contributed by atoms with Crippen LogP contribution in [0.4, 0.5) is 0 Å². The van der Waals surface area contributed by atoms with E-state index in [-0.39, 0.29) is 16.7 Å². The van der Waals surface area contributed by atoms with E-state index >= 15 is 0 Å². The average molecular weight is 462 g/mol. The van der Waals surface area contributed by atoms with Crippen LogP contribution in [0.25, 0.3) is 33.7 Å². The molecule has 0 unspecified atom stereocenters. The van der Waals surface area contributed by atoms with Gasteiger partial charge in [0.1, 0.15) is 11.2 Å². The molecule has 7 nitrogen and oxygen atoms in total. The molecule has 0 fully saturated rings. The first-order chi connectivity index (χ1) is 15.9. The van der Waals surface area contributed by atoms with E-state index in [1.54, 1.807) is 18.7 Å². The number of rotatable bonds is 3. The third-order valence-electron chi connectivity index (χ3n) is 6.07. The summed E-state index contributed by atoms with van der Waals surface area (Å²) >= 11 is 6.29. The summed E-state index contributed by atoms with van der Waals surface area (Å²) in [7, 11) is 0. The zero-order valence-corrected chi connectivity index (χ0v) is 18.8. The van der Waals surface area contributed by atoms with Gasteiger partial charge in [0.05, 0.1) is 36.7 Å². The van der Waals surface area contributed by atoms with Gasteiger partial charge in [0, 0.05) is 17.0 Å². The molecule has 0 saturated heterocycles. The van der Waals surface area contributed by atoms with Crippen LogP contribution in [0.2, 0.25) is 5.02 Å². The lowest BCUT2D eigenvalue weighted by atomic mass is 9.89. The smallest absolute Gasteiger partial charge is 0.297 e. The molecule has 0 N–H and O–H groups in total. The van der Waals surface area contributed by atoms with Gasteiger partial charge in [-0.15, -0.1) is 0 Å². The summed E-state index contributed by atoms with van der Waals surface area (Å²) in [6, 6.07) is 11.1. The first kappa shape index (κ1) is 20.2. The Labute approximate surface area is 193 Å². The van der Waals surface area contributed by atoms with Gasteiger partial charge >= 0.3 is 0 Å². The Balaban J connectivity index is 1.60.